The summed E-state index contributed by atoms with van der Waals surface area (Å²) in [5.41, 5.74) is 1.52. The molecule has 640 valence electrons. The smallest absolute Gasteiger partial charge is 0.305 e. The van der Waals surface area contributed by atoms with Gasteiger partial charge >= 0.3 is 5.97 Å². The van der Waals surface area contributed by atoms with Crippen molar-refractivity contribution < 1.29 is 167 Å². The third kappa shape index (κ3) is 34.0. The molecule has 2 aliphatic rings. The molecule has 18 N–H and O–H groups in total. The second kappa shape index (κ2) is 51.0. The van der Waals surface area contributed by atoms with Crippen LogP contribution < -0.4 is 69.1 Å². The molecule has 0 spiro atoms. The number of aromatic nitrogens is 4. The number of fused-ring (bicyclic) bond motifs is 1. The van der Waals surface area contributed by atoms with Gasteiger partial charge in [0.25, 0.3) is 0 Å². The molecule has 37 nitrogen and oxygen atoms in total. The molecule has 13 atom stereocenters. The molecule has 3 unspecified atom stereocenters. The monoisotopic (exact) mass is 2050 g/mol. The minimum Gasteiger partial charge on any atom is -0.507 e. The summed E-state index contributed by atoms with van der Waals surface area (Å²) in [6, 6.07) is -4.47. The molecule has 0 bridgehead atoms. The zero-order chi connectivity index (χ0) is 83.9. The molecule has 42 heteroatoms. The number of phenols is 1. The molecule has 4 aromatic rings. The van der Waals surface area contributed by atoms with E-state index in [-0.39, 0.29) is 156 Å². The number of aromatic amines is 2. The summed E-state index contributed by atoms with van der Waals surface area (Å²) < 4.78 is 0.317. The number of hydrogen-bond donors (Lipinski definition) is 18. The second-order valence-corrected chi connectivity index (χ2v) is 32.3. The van der Waals surface area contributed by atoms with E-state index in [1.54, 1.807) is 62.9 Å². The van der Waals surface area contributed by atoms with Crippen molar-refractivity contribution in [1.82, 2.24) is 98.9 Å². The summed E-state index contributed by atoms with van der Waals surface area (Å²) in [5.74, 6) is -16.0. The summed E-state index contributed by atoms with van der Waals surface area (Å²) >= 11 is 1.83. The largest absolute Gasteiger partial charge is 0.507 e. The minimum atomic E-state index is -1.97. The van der Waals surface area contributed by atoms with Crippen molar-refractivity contribution in [2.75, 3.05) is 57.8 Å². The van der Waals surface area contributed by atoms with E-state index in [2.05, 4.69) is 103 Å². The Hall–Kier alpha value is -7.55. The Morgan fingerprint density at radius 3 is 1.78 bits per heavy atom. The number of rotatable bonds is 36. The number of aromatic hydroxyl groups is 1. The van der Waals surface area contributed by atoms with Crippen LogP contribution in [0.4, 0.5) is 0 Å². The first kappa shape index (κ1) is 101. The van der Waals surface area contributed by atoms with Gasteiger partial charge in [-0.3, -0.25) is 67.2 Å². The van der Waals surface area contributed by atoms with E-state index in [1.807, 2.05) is 36.4 Å². The van der Waals surface area contributed by atoms with Crippen LogP contribution in [0, 0.1) is 115 Å². The number of hydrogen-bond acceptors (Lipinski definition) is 22. The van der Waals surface area contributed by atoms with Crippen molar-refractivity contribution in [2.24, 2.45) is 17.8 Å². The van der Waals surface area contributed by atoms with Crippen LogP contribution in [-0.2, 0) is 97.6 Å². The summed E-state index contributed by atoms with van der Waals surface area (Å²) in [6.07, 6.45) is 1.69. The van der Waals surface area contributed by atoms with Crippen molar-refractivity contribution in [2.45, 2.75) is 172 Å². The van der Waals surface area contributed by atoms with Crippen LogP contribution in [-0.4, -0.2) is 264 Å². The third-order valence-electron chi connectivity index (χ3n) is 18.5. The number of nitrogens with zero attached hydrogens (tertiary/aromatic N) is 4. The summed E-state index contributed by atoms with van der Waals surface area (Å²) in [7, 11) is 3.12. The summed E-state index contributed by atoms with van der Waals surface area (Å²) in [4.78, 5) is 230. The Balaban J connectivity index is 0.0000142. The van der Waals surface area contributed by atoms with Crippen LogP contribution in [0.1, 0.15) is 96.2 Å². The molecule has 0 radical (unpaired) electrons. The molecule has 14 amide bonds. The zero-order valence-corrected chi connectivity index (χ0v) is 73.5. The van der Waals surface area contributed by atoms with E-state index in [0.29, 0.717) is 32.5 Å². The predicted molar refractivity (Wildman–Crippen MR) is 427 cm³/mol. The maximum absolute atomic E-state index is 15.7. The van der Waals surface area contributed by atoms with E-state index in [1.165, 1.54) is 50.3 Å². The van der Waals surface area contributed by atoms with Crippen LogP contribution in [0.15, 0.2) is 73.6 Å². The summed E-state index contributed by atoms with van der Waals surface area (Å²) in [6.45, 7) is 16.6. The molecule has 2 saturated heterocycles. The number of amides is 14. The minimum absolute atomic E-state index is 0. The van der Waals surface area contributed by atoms with Crippen molar-refractivity contribution in [1.29, 1.82) is 0 Å². The SMILES string of the molecule is [CH2-]C(=O)NCCN(CCNC([CH2-])=O)CC(=O)N[C@@H](Cc1ccccc1)C(=O)N[C@@H](Cc1cnc[nH]1)C(=O)N[C@H]1CSSC[C@@H](C(=O)N[C@@H](Cc2cnc[nH]2)C(=O)N[C@H](C(=O)N[C@@H](CC(C)C)C(=O)NC)C(C)CC)NC(=O)[C@H](CC(C)C)NC(=O)[C@H](CC(=O)O)NC(=O)[C@H](Cc2ccc(O)c(I)c2)NC(=O)C2CC(O)CN2C1=O.[Gd].[Gd]. The topological polar surface area (TPSA) is 537 Å². The van der Waals surface area contributed by atoms with Gasteiger partial charge in [0.2, 0.25) is 70.9 Å². The zero-order valence-electron chi connectivity index (χ0n) is 65.2. The van der Waals surface area contributed by atoms with Gasteiger partial charge in [-0.05, 0) is 76.4 Å². The van der Waals surface area contributed by atoms with Gasteiger partial charge in [0.1, 0.15) is 72.2 Å². The number of carbonyl (C=O) groups excluding carboxylic acids is 14. The average Bonchev–Trinajstić information content (AvgIpc) is 1.63. The number of carbonyl (C=O) groups is 15. The fourth-order valence-electron chi connectivity index (χ4n) is 12.4. The number of carboxylic acids is 1. The van der Waals surface area contributed by atoms with Crippen LogP contribution in [0.3, 0.4) is 0 Å². The Bertz CT molecular complexity index is 3950. The summed E-state index contributed by atoms with van der Waals surface area (Å²) in [5, 5.41) is 66.5. The first-order valence-corrected chi connectivity index (χ1v) is 40.7. The molecule has 4 heterocycles. The number of imidazole rings is 2. The number of carboxylic acid groups (broad SMARTS) is 1. The Morgan fingerprint density at radius 2 is 1.22 bits per heavy atom. The van der Waals surface area contributed by atoms with Gasteiger partial charge in [-0.2, -0.15) is 0 Å². The van der Waals surface area contributed by atoms with Crippen LogP contribution in [0.2, 0.25) is 0 Å². The standard InChI is InChI=1S/C74H104IN19O18S2.2Gd/c1-10-41(6)63(73(111)89-50(22-39(2)3)64(102)76-9)92-70(108)55(28-47-32-78-38-82-47)86-71(109)57-35-113-114-36-58(91-68(106)54(27-46-31-77-37-81-46)85-66(104)52(25-44-14-12-11-13-15-44)83-61(99)34-93(20-18-79-42(7)95)21-19-80-43(8)96)74(112)94-33-48(97)29-59(94)72(110)88-53(26-45-16-17-60(98)49(75)24-45)67(105)87-56(30-62(100)101)69(107)84-51(23-40(4)5)65(103)90-57;;/h11-17,24,31-32,37-41,48,50-59,63,97-98H,7-8,10,18-23,25-30,33-36H2,1-6,9H3,(H,76,102)(H,77,81)(H,78,82)(H,79,95)(H,80,96)(H,83,99)(H,84,107)(H,85,104)(H,86,109)(H,87,105)(H,88,110)(H,89,111)(H,90,103)(H,91,106)(H,92,108)(H,100,101);;/q-2;;/t41?,48?,50-,51-,52-,53-,54-,55-,56-,57-,58-,59?,63-;;/m0../s1. The number of aliphatic hydroxyl groups excluding tert-OH is 1. The molecule has 0 saturated carbocycles. The molecule has 0 aliphatic carbocycles. The number of halogens is 1. The van der Waals surface area contributed by atoms with E-state index in [9.17, 15) is 63.3 Å². The maximum Gasteiger partial charge on any atom is 0.305 e. The van der Waals surface area contributed by atoms with Crippen LogP contribution in [0.25, 0.3) is 0 Å². The number of aliphatic hydroxyl groups is 1. The molecule has 6 rings (SSSR count). The molecular weight excluding hydrogens is 1950 g/mol. The molecule has 2 aliphatic heterocycles. The maximum atomic E-state index is 15.7. The van der Waals surface area contributed by atoms with Crippen molar-refractivity contribution in [3.05, 3.63) is 114 Å². The Morgan fingerprint density at radius 1 is 0.655 bits per heavy atom. The number of aliphatic carboxylic acids is 1. The van der Waals surface area contributed by atoms with Crippen molar-refractivity contribution in [3.63, 3.8) is 0 Å². The van der Waals surface area contributed by atoms with E-state index in [4.69, 9.17) is 0 Å². The number of phenolic OH excluding ortho intramolecular Hbond substituents is 1. The second-order valence-electron chi connectivity index (χ2n) is 28.6. The van der Waals surface area contributed by atoms with Gasteiger partial charge in [0.05, 0.1) is 47.1 Å². The third-order valence-corrected chi connectivity index (χ3v) is 21.8. The first-order valence-electron chi connectivity index (χ1n) is 37.2. The van der Waals surface area contributed by atoms with Crippen molar-refractivity contribution >= 4 is 133 Å². The van der Waals surface area contributed by atoms with Gasteiger partial charge in [0.15, 0.2) is 0 Å². The fourth-order valence-corrected chi connectivity index (χ4v) is 15.3. The van der Waals surface area contributed by atoms with Crippen LogP contribution >= 0.6 is 44.2 Å². The molecule has 2 aromatic carbocycles. The normalized spacial score (nSPS) is 19.8. The predicted octanol–water partition coefficient (Wildman–Crippen LogP) is -2.52. The van der Waals surface area contributed by atoms with Gasteiger partial charge in [-0.25, -0.2) is 9.97 Å². The first-order chi connectivity index (χ1) is 54.1. The van der Waals surface area contributed by atoms with E-state index < -0.39 is 210 Å². The molecule has 2 aromatic heterocycles. The van der Waals surface area contributed by atoms with Gasteiger partial charge in [-0.1, -0.05) is 106 Å². The Labute approximate surface area is 758 Å². The fraction of sp³-hybridized carbons (Fsp3) is 0.527. The van der Waals surface area contributed by atoms with Crippen LogP contribution in [0.5, 0.6) is 5.75 Å². The average molecular weight is 2050 g/mol. The number of likely N-dealkylation sites (N-methyl/N-ethyl adjacent to an activating group) is 1. The van der Waals surface area contributed by atoms with E-state index >= 15 is 24.0 Å². The molecular formula is C74H104Gd2IN19O18S2-2. The van der Waals surface area contributed by atoms with Crippen molar-refractivity contribution in [3.8, 4) is 5.75 Å². The molecule has 116 heavy (non-hydrogen) atoms. The number of nitrogens with one attached hydrogen (secondary N) is 15. The number of benzene rings is 2. The van der Waals surface area contributed by atoms with Gasteiger partial charge < -0.3 is 123 Å². The number of H-pyrrole nitrogens is 2. The Kier molecular flexibility index (Phi) is 44.4. The molecule has 2 fully saturated rings. The quantitative estimate of drug-likeness (QED) is 0.0127. The van der Waals surface area contributed by atoms with Gasteiger partial charge in [-0.15, -0.1) is 0 Å². The van der Waals surface area contributed by atoms with Gasteiger partial charge in [0, 0.05) is 187 Å². The van der Waals surface area contributed by atoms with E-state index in [0.717, 1.165) is 26.5 Å².